The number of nitrogens with zero attached hydrogens (tertiary/aromatic N) is 9. The average Bonchev–Trinajstić information content (AvgIpc) is 3.79. The summed E-state index contributed by atoms with van der Waals surface area (Å²) in [7, 11) is 0. The minimum Gasteiger partial charge on any atom is -0.493 e. The number of anilines is 3. The Morgan fingerprint density at radius 2 is 1.77 bits per heavy atom. The second-order valence-corrected chi connectivity index (χ2v) is 16.2. The van der Waals surface area contributed by atoms with Gasteiger partial charge in [-0.3, -0.25) is 10.2 Å². The van der Waals surface area contributed by atoms with E-state index in [1.54, 1.807) is 14.4 Å². The number of benzene rings is 2. The van der Waals surface area contributed by atoms with E-state index in [1.807, 2.05) is 19.9 Å². The number of hydrogen-bond acceptors (Lipinski definition) is 8. The molecule has 2 amide bonds. The molecule has 2 atom stereocenters. The zero-order valence-corrected chi connectivity index (χ0v) is 32.9. The van der Waals surface area contributed by atoms with Gasteiger partial charge in [0.25, 0.3) is 0 Å². The fourth-order valence-corrected chi connectivity index (χ4v) is 8.09. The molecule has 0 fully saturated rings. The molecule has 6 rings (SSSR count). The van der Waals surface area contributed by atoms with Crippen molar-refractivity contribution in [2.24, 2.45) is 10.5 Å². The van der Waals surface area contributed by atoms with Crippen LogP contribution in [0.25, 0.3) is 0 Å². The van der Waals surface area contributed by atoms with Gasteiger partial charge in [-0.15, -0.1) is 9.89 Å². The van der Waals surface area contributed by atoms with Gasteiger partial charge >= 0.3 is 6.03 Å². The predicted octanol–water partition coefficient (Wildman–Crippen LogP) is 8.25. The van der Waals surface area contributed by atoms with Crippen LogP contribution in [0.3, 0.4) is 0 Å². The zero-order valence-electron chi connectivity index (χ0n) is 32.9. The summed E-state index contributed by atoms with van der Waals surface area (Å²) in [5, 5.41) is 17.4. The molecular weight excluding hydrogens is 653 g/mol. The van der Waals surface area contributed by atoms with Gasteiger partial charge in [0.1, 0.15) is 12.1 Å². The topological polar surface area (TPSA) is 119 Å². The maximum absolute atomic E-state index is 14.1. The molecule has 0 saturated heterocycles. The van der Waals surface area contributed by atoms with Gasteiger partial charge in [-0.2, -0.15) is 19.9 Å². The third-order valence-electron chi connectivity index (χ3n) is 10.4. The van der Waals surface area contributed by atoms with Crippen LogP contribution in [0.15, 0.2) is 47.8 Å². The van der Waals surface area contributed by atoms with Crippen LogP contribution in [0.5, 0.6) is 5.75 Å². The van der Waals surface area contributed by atoms with Crippen molar-refractivity contribution >= 4 is 29.1 Å². The van der Waals surface area contributed by atoms with Gasteiger partial charge in [-0.05, 0) is 105 Å². The van der Waals surface area contributed by atoms with Crippen molar-refractivity contribution in [3.05, 3.63) is 71.1 Å². The lowest BCUT2D eigenvalue weighted by atomic mass is 9.72. The number of urea groups is 1. The molecule has 2 aliphatic heterocycles. The van der Waals surface area contributed by atoms with E-state index in [9.17, 15) is 4.79 Å². The first-order valence-electron chi connectivity index (χ1n) is 18.8. The molecule has 0 saturated carbocycles. The first-order chi connectivity index (χ1) is 24.6. The summed E-state index contributed by atoms with van der Waals surface area (Å²) in [6.07, 6.45) is 5.06. The number of rotatable bonds is 13. The summed E-state index contributed by atoms with van der Waals surface area (Å²) in [4.78, 5) is 29.3. The highest BCUT2D eigenvalue weighted by Crippen LogP contribution is 2.45. The fraction of sp³-hybridized carbons (Fsp3) is 0.550. The van der Waals surface area contributed by atoms with E-state index in [1.165, 1.54) is 17.5 Å². The van der Waals surface area contributed by atoms with Gasteiger partial charge in [0.05, 0.1) is 18.0 Å². The summed E-state index contributed by atoms with van der Waals surface area (Å²) in [6, 6.07) is 12.6. The molecule has 4 aromatic rings. The molecule has 0 radical (unpaired) electrons. The highest BCUT2D eigenvalue weighted by atomic mass is 16.5. The predicted molar refractivity (Wildman–Crippen MR) is 208 cm³/mol. The van der Waals surface area contributed by atoms with Crippen LogP contribution in [-0.2, 0) is 17.5 Å². The quantitative estimate of drug-likeness (QED) is 0.149. The van der Waals surface area contributed by atoms with Crippen LogP contribution in [0.4, 0.5) is 22.1 Å². The van der Waals surface area contributed by atoms with E-state index in [0.717, 1.165) is 61.5 Å². The first-order valence-corrected chi connectivity index (χ1v) is 18.8. The largest absolute Gasteiger partial charge is 0.493 e. The molecule has 0 bridgehead atoms. The van der Waals surface area contributed by atoms with Crippen LogP contribution in [0, 0.1) is 12.3 Å². The average molecular weight is 709 g/mol. The van der Waals surface area contributed by atoms with Gasteiger partial charge in [-0.25, -0.2) is 9.78 Å². The van der Waals surface area contributed by atoms with Gasteiger partial charge in [0, 0.05) is 24.7 Å². The highest BCUT2D eigenvalue weighted by molar-refractivity contribution is 6.12. The molecule has 2 aliphatic rings. The Morgan fingerprint density at radius 3 is 2.44 bits per heavy atom. The number of fused-ring (bicyclic) bond motifs is 4. The Hall–Kier alpha value is -4.74. The van der Waals surface area contributed by atoms with Crippen molar-refractivity contribution in [1.82, 2.24) is 29.6 Å². The normalized spacial score (nSPS) is 17.6. The third-order valence-corrected chi connectivity index (χ3v) is 10.4. The molecule has 1 spiro atoms. The molecule has 52 heavy (non-hydrogen) atoms. The lowest BCUT2D eigenvalue weighted by molar-refractivity contribution is 0.244. The zero-order chi connectivity index (χ0) is 37.6. The third kappa shape index (κ3) is 6.56. The van der Waals surface area contributed by atoms with Gasteiger partial charge in [0.2, 0.25) is 17.4 Å². The maximum Gasteiger partial charge on any atom is 0.331 e. The summed E-state index contributed by atoms with van der Waals surface area (Å²) < 4.78 is 7.95. The summed E-state index contributed by atoms with van der Waals surface area (Å²) in [5.41, 5.74) is 4.82. The molecule has 2 aromatic carbocycles. The Bertz CT molecular complexity index is 1960. The number of aryl methyl sites for hydroxylation is 2. The smallest absolute Gasteiger partial charge is 0.331 e. The van der Waals surface area contributed by atoms with Crippen molar-refractivity contribution in [2.45, 2.75) is 119 Å². The molecule has 1 N–H and O–H groups in total. The van der Waals surface area contributed by atoms with Crippen LogP contribution in [0.2, 0.25) is 0 Å². The van der Waals surface area contributed by atoms with Crippen LogP contribution < -0.4 is 19.9 Å². The monoisotopic (exact) mass is 708 g/mol. The van der Waals surface area contributed by atoms with Gasteiger partial charge < -0.3 is 9.64 Å². The van der Waals surface area contributed by atoms with Crippen LogP contribution in [0.1, 0.15) is 123 Å². The standard InChI is InChI=1S/C40H56N10O2/c1-12-21-52-33-20-17-30(39(10,11)24-38(7,8)9)23-29(33)16-15-26(4)34-43-35-40(28(6)45-50(35)46-34)48(37(51)44-36-41-25-42-49(36)40)32-19-18-31(22-27(32)5)47(13-2)14-3/h17-20,22-23,25-26H,12-16,21,24H2,1-11H3,(H,41,42,44,51). The first kappa shape index (κ1) is 37.0. The second kappa shape index (κ2) is 14.0. The maximum atomic E-state index is 14.1. The van der Waals surface area contributed by atoms with Gasteiger partial charge in [-0.1, -0.05) is 60.6 Å². The lowest BCUT2D eigenvalue weighted by Gasteiger charge is -2.43. The number of carbonyl (C=O) groups excluding carboxylic acids is 1. The van der Waals surface area contributed by atoms with Crippen molar-refractivity contribution in [3.8, 4) is 5.75 Å². The SMILES string of the molecule is CCCOc1ccc(C(C)(C)CC(C)(C)C)cc1CCC(C)c1nc2n(n1)N=C(C)C21N(c2ccc(N(CC)CC)cc2C)C(=O)Nc2ncnn21. The molecule has 278 valence electrons. The summed E-state index contributed by atoms with van der Waals surface area (Å²) in [6.45, 7) is 26.5. The van der Waals surface area contributed by atoms with Crippen LogP contribution in [-0.4, -0.2) is 61.1 Å². The van der Waals surface area contributed by atoms with Crippen molar-refractivity contribution in [2.75, 3.05) is 34.8 Å². The number of ether oxygens (including phenoxy) is 1. The Kier molecular flexibility index (Phi) is 9.97. The number of aromatic nitrogens is 6. The molecule has 12 heteroatoms. The van der Waals surface area contributed by atoms with E-state index < -0.39 is 5.66 Å². The molecule has 4 heterocycles. The van der Waals surface area contributed by atoms with E-state index >= 15 is 0 Å². The molecule has 2 unspecified atom stereocenters. The van der Waals surface area contributed by atoms with Gasteiger partial charge in [0.15, 0.2) is 5.82 Å². The Labute approximate surface area is 308 Å². The Balaban J connectivity index is 1.35. The van der Waals surface area contributed by atoms with E-state index in [-0.39, 0.29) is 22.8 Å². The van der Waals surface area contributed by atoms with E-state index in [4.69, 9.17) is 19.9 Å². The van der Waals surface area contributed by atoms with E-state index in [2.05, 4.69) is 113 Å². The van der Waals surface area contributed by atoms with Crippen molar-refractivity contribution in [1.29, 1.82) is 0 Å². The number of amides is 2. The summed E-state index contributed by atoms with van der Waals surface area (Å²) >= 11 is 0. The summed E-state index contributed by atoms with van der Waals surface area (Å²) in [5.74, 6) is 2.42. The second-order valence-electron chi connectivity index (χ2n) is 16.2. The van der Waals surface area contributed by atoms with Crippen molar-refractivity contribution < 1.29 is 9.53 Å². The van der Waals surface area contributed by atoms with E-state index in [0.29, 0.717) is 29.9 Å². The minimum atomic E-state index is -1.30. The fourth-order valence-electron chi connectivity index (χ4n) is 8.09. The molecule has 2 aromatic heterocycles. The number of carbonyl (C=O) groups is 1. The lowest BCUT2D eigenvalue weighted by Crippen LogP contribution is -2.63. The number of nitrogens with one attached hydrogen (secondary N) is 1. The van der Waals surface area contributed by atoms with Crippen molar-refractivity contribution in [3.63, 3.8) is 0 Å². The minimum absolute atomic E-state index is 0.00732. The van der Waals surface area contributed by atoms with Crippen LogP contribution >= 0.6 is 0 Å². The highest BCUT2D eigenvalue weighted by Gasteiger charge is 2.59. The number of hydrogen-bond donors (Lipinski definition) is 1. The molecule has 0 aliphatic carbocycles. The Morgan fingerprint density at radius 1 is 1.02 bits per heavy atom. The molecule has 12 nitrogen and oxygen atoms in total. The molecular formula is C40H56N10O2.